The van der Waals surface area contributed by atoms with Crippen molar-refractivity contribution in [2.45, 2.75) is 13.5 Å². The van der Waals surface area contributed by atoms with E-state index in [2.05, 4.69) is 46.8 Å². The monoisotopic (exact) mass is 217 g/mol. The zero-order valence-electron chi connectivity index (χ0n) is 9.93. The van der Waals surface area contributed by atoms with Gasteiger partial charge in [-0.15, -0.1) is 0 Å². The molecule has 0 atom stereocenters. The Morgan fingerprint density at radius 3 is 2.81 bits per heavy atom. The second-order valence-corrected chi connectivity index (χ2v) is 4.05. The van der Waals surface area contributed by atoms with Gasteiger partial charge in [-0.3, -0.25) is 0 Å². The summed E-state index contributed by atoms with van der Waals surface area (Å²) in [5.41, 5.74) is 3.87. The maximum Gasteiger partial charge on any atom is 0.0459 e. The van der Waals surface area contributed by atoms with Crippen LogP contribution in [0, 0.1) is 6.92 Å². The molecule has 0 aliphatic heterocycles. The Bertz CT molecular complexity index is 459. The minimum atomic E-state index is 0.928. The molecule has 3 N–H and O–H groups in total. The molecule has 0 saturated heterocycles. The first-order chi connectivity index (χ1) is 7.83. The van der Waals surface area contributed by atoms with E-state index < -0.39 is 0 Å². The smallest absolute Gasteiger partial charge is 0.0459 e. The number of aromatic amines is 1. The van der Waals surface area contributed by atoms with Crippen LogP contribution in [0.5, 0.6) is 0 Å². The van der Waals surface area contributed by atoms with Crippen molar-refractivity contribution in [3.05, 3.63) is 35.5 Å². The van der Waals surface area contributed by atoms with Crippen LogP contribution in [0.4, 0.5) is 0 Å². The molecule has 0 aliphatic rings. The van der Waals surface area contributed by atoms with Crippen LogP contribution in [0.25, 0.3) is 10.9 Å². The number of hydrogen-bond donors (Lipinski definition) is 3. The summed E-state index contributed by atoms with van der Waals surface area (Å²) in [7, 11) is 1.97. The van der Waals surface area contributed by atoms with E-state index in [-0.39, 0.29) is 0 Å². The van der Waals surface area contributed by atoms with E-state index in [1.165, 1.54) is 22.2 Å². The number of rotatable bonds is 5. The molecule has 3 nitrogen and oxygen atoms in total. The summed E-state index contributed by atoms with van der Waals surface area (Å²) < 4.78 is 0. The largest absolute Gasteiger partial charge is 0.358 e. The third-order valence-corrected chi connectivity index (χ3v) is 2.88. The molecule has 0 aliphatic carbocycles. The van der Waals surface area contributed by atoms with Crippen molar-refractivity contribution >= 4 is 10.9 Å². The predicted octanol–water partition coefficient (Wildman–Crippen LogP) is 1.79. The highest BCUT2D eigenvalue weighted by Crippen LogP contribution is 2.21. The van der Waals surface area contributed by atoms with Gasteiger partial charge in [0.2, 0.25) is 0 Å². The maximum absolute atomic E-state index is 3.44. The summed E-state index contributed by atoms with van der Waals surface area (Å²) in [6.45, 7) is 5.06. The van der Waals surface area contributed by atoms with Crippen LogP contribution < -0.4 is 10.6 Å². The second-order valence-electron chi connectivity index (χ2n) is 4.05. The fourth-order valence-corrected chi connectivity index (χ4v) is 1.99. The van der Waals surface area contributed by atoms with Crippen molar-refractivity contribution in [2.24, 2.45) is 0 Å². The first-order valence-electron chi connectivity index (χ1n) is 5.74. The van der Waals surface area contributed by atoms with Gasteiger partial charge >= 0.3 is 0 Å². The number of hydrogen-bond acceptors (Lipinski definition) is 2. The molecule has 0 saturated carbocycles. The molecular weight excluding hydrogens is 198 g/mol. The van der Waals surface area contributed by atoms with E-state index in [0.717, 1.165) is 19.6 Å². The van der Waals surface area contributed by atoms with Gasteiger partial charge in [0.15, 0.2) is 0 Å². The average Bonchev–Trinajstić information content (AvgIpc) is 2.61. The third-order valence-electron chi connectivity index (χ3n) is 2.88. The Morgan fingerprint density at radius 2 is 2.00 bits per heavy atom. The van der Waals surface area contributed by atoms with E-state index >= 15 is 0 Å². The fourth-order valence-electron chi connectivity index (χ4n) is 1.99. The summed E-state index contributed by atoms with van der Waals surface area (Å²) in [4.78, 5) is 3.41. The van der Waals surface area contributed by atoms with E-state index in [0.29, 0.717) is 0 Å². The first-order valence-corrected chi connectivity index (χ1v) is 5.74. The lowest BCUT2D eigenvalue weighted by atomic mass is 10.1. The van der Waals surface area contributed by atoms with E-state index in [1.807, 2.05) is 7.05 Å². The Morgan fingerprint density at radius 1 is 1.19 bits per heavy atom. The van der Waals surface area contributed by atoms with Crippen LogP contribution >= 0.6 is 0 Å². The van der Waals surface area contributed by atoms with Gasteiger partial charge in [-0.25, -0.2) is 0 Å². The van der Waals surface area contributed by atoms with Gasteiger partial charge in [-0.2, -0.15) is 0 Å². The topological polar surface area (TPSA) is 39.8 Å². The van der Waals surface area contributed by atoms with Crippen molar-refractivity contribution in [2.75, 3.05) is 20.1 Å². The highest BCUT2D eigenvalue weighted by molar-refractivity contribution is 5.84. The molecule has 16 heavy (non-hydrogen) atoms. The van der Waals surface area contributed by atoms with Crippen molar-refractivity contribution < 1.29 is 0 Å². The molecule has 86 valence electrons. The maximum atomic E-state index is 3.44. The quantitative estimate of drug-likeness (QED) is 0.668. The lowest BCUT2D eigenvalue weighted by Crippen LogP contribution is -2.24. The molecule has 1 aromatic heterocycles. The van der Waals surface area contributed by atoms with Gasteiger partial charge in [-0.1, -0.05) is 18.2 Å². The second kappa shape index (κ2) is 5.14. The molecule has 0 fully saturated rings. The summed E-state index contributed by atoms with van der Waals surface area (Å²) in [6, 6.07) is 8.45. The molecule has 3 heteroatoms. The number of aromatic nitrogens is 1. The Kier molecular flexibility index (Phi) is 3.59. The summed E-state index contributed by atoms with van der Waals surface area (Å²) >= 11 is 0. The molecular formula is C13H19N3. The molecule has 1 aromatic carbocycles. The number of H-pyrrole nitrogens is 1. The summed E-state index contributed by atoms with van der Waals surface area (Å²) in [6.07, 6.45) is 0. The average molecular weight is 217 g/mol. The minimum Gasteiger partial charge on any atom is -0.358 e. The van der Waals surface area contributed by atoms with Crippen LogP contribution in [-0.2, 0) is 6.54 Å². The van der Waals surface area contributed by atoms with Gasteiger partial charge in [0.25, 0.3) is 0 Å². The minimum absolute atomic E-state index is 0.928. The van der Waals surface area contributed by atoms with Gasteiger partial charge in [-0.05, 0) is 25.6 Å². The molecule has 0 radical (unpaired) electrons. The highest BCUT2D eigenvalue weighted by atomic mass is 14.9. The Balaban J connectivity index is 2.13. The van der Waals surface area contributed by atoms with E-state index in [9.17, 15) is 0 Å². The normalized spacial score (nSPS) is 11.1. The lowest BCUT2D eigenvalue weighted by Gasteiger charge is -2.04. The van der Waals surface area contributed by atoms with Crippen molar-refractivity contribution in [1.29, 1.82) is 0 Å². The summed E-state index contributed by atoms with van der Waals surface area (Å²) in [5.74, 6) is 0. The number of aryl methyl sites for hydroxylation is 1. The number of likely N-dealkylation sites (N-methyl/N-ethyl adjacent to an activating group) is 1. The number of para-hydroxylation sites is 1. The van der Waals surface area contributed by atoms with Gasteiger partial charge in [0, 0.05) is 36.2 Å². The SMILES string of the molecule is CNCCNCc1c(C)[nH]c2ccccc12. The first kappa shape index (κ1) is 11.2. The van der Waals surface area contributed by atoms with Crippen LogP contribution in [0.3, 0.4) is 0 Å². The predicted molar refractivity (Wildman–Crippen MR) is 68.7 cm³/mol. The number of fused-ring (bicyclic) bond motifs is 1. The standard InChI is InChI=1S/C13H19N3/c1-10-12(9-15-8-7-14-2)11-5-3-4-6-13(11)16-10/h3-6,14-16H,7-9H2,1-2H3. The van der Waals surface area contributed by atoms with Crippen LogP contribution in [0.15, 0.2) is 24.3 Å². The molecule has 0 spiro atoms. The zero-order valence-corrected chi connectivity index (χ0v) is 9.93. The number of benzene rings is 1. The Labute approximate surface area is 96.2 Å². The van der Waals surface area contributed by atoms with Crippen molar-refractivity contribution in [3.8, 4) is 0 Å². The van der Waals surface area contributed by atoms with Gasteiger partial charge in [0.1, 0.15) is 0 Å². The van der Waals surface area contributed by atoms with E-state index in [1.54, 1.807) is 0 Å². The summed E-state index contributed by atoms with van der Waals surface area (Å²) in [5, 5.41) is 7.90. The molecule has 0 amide bonds. The van der Waals surface area contributed by atoms with Crippen LogP contribution in [0.1, 0.15) is 11.3 Å². The molecule has 0 bridgehead atoms. The van der Waals surface area contributed by atoms with Crippen molar-refractivity contribution in [3.63, 3.8) is 0 Å². The zero-order chi connectivity index (χ0) is 11.4. The van der Waals surface area contributed by atoms with E-state index in [4.69, 9.17) is 0 Å². The van der Waals surface area contributed by atoms with Gasteiger partial charge in [0.05, 0.1) is 0 Å². The van der Waals surface area contributed by atoms with Crippen LogP contribution in [-0.4, -0.2) is 25.1 Å². The molecule has 2 rings (SSSR count). The van der Waals surface area contributed by atoms with Crippen molar-refractivity contribution in [1.82, 2.24) is 15.6 Å². The molecule has 2 aromatic rings. The molecule has 1 heterocycles. The fraction of sp³-hybridized carbons (Fsp3) is 0.385. The molecule has 0 unspecified atom stereocenters. The highest BCUT2D eigenvalue weighted by Gasteiger charge is 2.06. The van der Waals surface area contributed by atoms with Gasteiger partial charge < -0.3 is 15.6 Å². The van der Waals surface area contributed by atoms with Crippen LogP contribution in [0.2, 0.25) is 0 Å². The lowest BCUT2D eigenvalue weighted by molar-refractivity contribution is 0.651. The Hall–Kier alpha value is -1.32. The third kappa shape index (κ3) is 2.26. The number of nitrogens with one attached hydrogen (secondary N) is 3.